The number of rotatable bonds is 5. The van der Waals surface area contributed by atoms with Gasteiger partial charge in [0.25, 0.3) is 5.91 Å². The van der Waals surface area contributed by atoms with Gasteiger partial charge >= 0.3 is 6.03 Å². The number of hydrogen-bond donors (Lipinski definition) is 2. The molecule has 2 saturated heterocycles. The first-order chi connectivity index (χ1) is 11.5. The second-order valence-corrected chi connectivity index (χ2v) is 6.48. The lowest BCUT2D eigenvalue weighted by Crippen LogP contribution is -2.47. The predicted molar refractivity (Wildman–Crippen MR) is 88.0 cm³/mol. The number of carbonyl (C=O) groups excluding carboxylic acids is 3. The first-order valence-corrected chi connectivity index (χ1v) is 8.59. The van der Waals surface area contributed by atoms with Crippen molar-refractivity contribution in [3.8, 4) is 0 Å². The monoisotopic (exact) mass is 332 g/mol. The lowest BCUT2D eigenvalue weighted by molar-refractivity contribution is -0.139. The second-order valence-electron chi connectivity index (χ2n) is 6.48. The molecular formula is C17H24N4O3. The maximum atomic E-state index is 12.7. The van der Waals surface area contributed by atoms with E-state index < -0.39 is 11.6 Å². The van der Waals surface area contributed by atoms with Crippen LogP contribution >= 0.6 is 0 Å². The summed E-state index contributed by atoms with van der Waals surface area (Å²) in [4.78, 5) is 43.5. The van der Waals surface area contributed by atoms with Gasteiger partial charge in [0.05, 0.1) is 6.04 Å². The molecule has 2 N–H and O–H groups in total. The molecule has 0 spiro atoms. The summed E-state index contributed by atoms with van der Waals surface area (Å²) in [6.07, 6.45) is 4.69. The number of carbonyl (C=O) groups is 3. The van der Waals surface area contributed by atoms with Crippen LogP contribution in [0.15, 0.2) is 18.3 Å². The summed E-state index contributed by atoms with van der Waals surface area (Å²) in [6.45, 7) is 4.20. The van der Waals surface area contributed by atoms with E-state index in [1.807, 2.05) is 32.2 Å². The van der Waals surface area contributed by atoms with Crippen molar-refractivity contribution in [3.63, 3.8) is 0 Å². The molecule has 2 fully saturated rings. The van der Waals surface area contributed by atoms with E-state index >= 15 is 0 Å². The van der Waals surface area contributed by atoms with Gasteiger partial charge in [-0.3, -0.25) is 14.5 Å². The molecular weight excluding hydrogens is 308 g/mol. The largest absolute Gasteiger partial charge is 0.363 e. The summed E-state index contributed by atoms with van der Waals surface area (Å²) in [5.74, 6) is -0.472. The van der Waals surface area contributed by atoms with Crippen LogP contribution in [0.4, 0.5) is 4.79 Å². The molecule has 7 nitrogen and oxygen atoms in total. The number of aromatic nitrogens is 1. The van der Waals surface area contributed by atoms with Crippen molar-refractivity contribution in [2.75, 3.05) is 13.1 Å². The van der Waals surface area contributed by atoms with Crippen LogP contribution in [0, 0.1) is 0 Å². The van der Waals surface area contributed by atoms with Crippen LogP contribution in [0.5, 0.6) is 0 Å². The van der Waals surface area contributed by atoms with Crippen molar-refractivity contribution in [2.45, 2.75) is 51.1 Å². The molecule has 0 aromatic carbocycles. The van der Waals surface area contributed by atoms with Gasteiger partial charge in [-0.25, -0.2) is 4.79 Å². The third kappa shape index (κ3) is 2.57. The Hall–Kier alpha value is -2.31. The standard InChI is InChI=1S/C17H24N4O3/c1-3-17(4-2)15(23)21(16(24)19-17)11-14(22)20-10-6-8-13(20)12-7-5-9-18-12/h5,7,9,13,18H,3-4,6,8,10-11H2,1-2H3,(H,19,24). The van der Waals surface area contributed by atoms with Crippen molar-refractivity contribution in [3.05, 3.63) is 24.0 Å². The SMILES string of the molecule is CCC1(CC)NC(=O)N(CC(=O)N2CCCC2c2ccc[nH]2)C1=O. The van der Waals surface area contributed by atoms with Crippen molar-refractivity contribution in [1.82, 2.24) is 20.1 Å². The molecule has 2 aliphatic heterocycles. The van der Waals surface area contributed by atoms with Crippen molar-refractivity contribution < 1.29 is 14.4 Å². The summed E-state index contributed by atoms with van der Waals surface area (Å²) in [5, 5.41) is 2.76. The Morgan fingerprint density at radius 3 is 2.67 bits per heavy atom. The summed E-state index contributed by atoms with van der Waals surface area (Å²) in [6, 6.07) is 3.40. The highest BCUT2D eigenvalue weighted by Gasteiger charge is 2.49. The second kappa shape index (κ2) is 6.30. The third-order valence-corrected chi connectivity index (χ3v) is 5.30. The van der Waals surface area contributed by atoms with Gasteiger partial charge < -0.3 is 15.2 Å². The Labute approximate surface area is 141 Å². The fourth-order valence-electron chi connectivity index (χ4n) is 3.72. The van der Waals surface area contributed by atoms with Gasteiger partial charge in [0.2, 0.25) is 5.91 Å². The first-order valence-electron chi connectivity index (χ1n) is 8.59. The van der Waals surface area contributed by atoms with E-state index in [1.54, 1.807) is 4.90 Å². The molecule has 0 aliphatic carbocycles. The third-order valence-electron chi connectivity index (χ3n) is 5.30. The topological polar surface area (TPSA) is 85.5 Å². The Bertz CT molecular complexity index is 636. The minimum absolute atomic E-state index is 0.00428. The molecule has 130 valence electrons. The molecule has 2 aliphatic rings. The predicted octanol–water partition coefficient (Wildman–Crippen LogP) is 1.79. The van der Waals surface area contributed by atoms with Crippen LogP contribution in [0.25, 0.3) is 0 Å². The summed E-state index contributed by atoms with van der Waals surface area (Å²) in [5.41, 5.74) is 0.135. The molecule has 1 aromatic rings. The maximum Gasteiger partial charge on any atom is 0.325 e. The van der Waals surface area contributed by atoms with E-state index in [2.05, 4.69) is 10.3 Å². The van der Waals surface area contributed by atoms with Crippen LogP contribution in [-0.2, 0) is 9.59 Å². The van der Waals surface area contributed by atoms with Crippen molar-refractivity contribution in [1.29, 1.82) is 0 Å². The average molecular weight is 332 g/mol. The van der Waals surface area contributed by atoms with Gasteiger partial charge in [0.1, 0.15) is 12.1 Å². The molecule has 3 rings (SSSR count). The maximum absolute atomic E-state index is 12.7. The van der Waals surface area contributed by atoms with E-state index in [9.17, 15) is 14.4 Å². The minimum atomic E-state index is -0.860. The van der Waals surface area contributed by atoms with Gasteiger partial charge in [-0.15, -0.1) is 0 Å². The Morgan fingerprint density at radius 1 is 1.33 bits per heavy atom. The van der Waals surface area contributed by atoms with Gasteiger partial charge in [-0.1, -0.05) is 13.8 Å². The Kier molecular flexibility index (Phi) is 4.34. The number of amides is 4. The van der Waals surface area contributed by atoms with Gasteiger partial charge in [0, 0.05) is 18.4 Å². The molecule has 0 saturated carbocycles. The number of nitrogens with zero attached hydrogens (tertiary/aromatic N) is 2. The van der Waals surface area contributed by atoms with Crippen LogP contribution in [0.2, 0.25) is 0 Å². The van der Waals surface area contributed by atoms with E-state index in [1.165, 1.54) is 0 Å². The number of likely N-dealkylation sites (tertiary alicyclic amines) is 1. The molecule has 1 atom stereocenters. The molecule has 0 bridgehead atoms. The van der Waals surface area contributed by atoms with Crippen molar-refractivity contribution >= 4 is 17.8 Å². The van der Waals surface area contributed by atoms with Crippen LogP contribution < -0.4 is 5.32 Å². The fourth-order valence-corrected chi connectivity index (χ4v) is 3.72. The highest BCUT2D eigenvalue weighted by molar-refractivity contribution is 6.09. The summed E-state index contributed by atoms with van der Waals surface area (Å²) in [7, 11) is 0. The molecule has 3 heterocycles. The smallest absolute Gasteiger partial charge is 0.325 e. The quantitative estimate of drug-likeness (QED) is 0.806. The number of hydrogen-bond acceptors (Lipinski definition) is 3. The van der Waals surface area contributed by atoms with Crippen LogP contribution in [-0.4, -0.2) is 51.3 Å². The summed E-state index contributed by atoms with van der Waals surface area (Å²) < 4.78 is 0. The van der Waals surface area contributed by atoms with Gasteiger partial charge in [0.15, 0.2) is 0 Å². The van der Waals surface area contributed by atoms with E-state index in [0.29, 0.717) is 19.4 Å². The zero-order valence-corrected chi connectivity index (χ0v) is 14.2. The normalized spacial score (nSPS) is 23.0. The fraction of sp³-hybridized carbons (Fsp3) is 0.588. The number of aromatic amines is 1. The number of urea groups is 1. The number of H-pyrrole nitrogens is 1. The summed E-state index contributed by atoms with van der Waals surface area (Å²) >= 11 is 0. The highest BCUT2D eigenvalue weighted by atomic mass is 16.2. The van der Waals surface area contributed by atoms with Crippen LogP contribution in [0.1, 0.15) is 51.3 Å². The van der Waals surface area contributed by atoms with Crippen LogP contribution in [0.3, 0.4) is 0 Å². The zero-order valence-electron chi connectivity index (χ0n) is 14.2. The highest BCUT2D eigenvalue weighted by Crippen LogP contribution is 2.31. The van der Waals surface area contributed by atoms with Crippen molar-refractivity contribution in [2.24, 2.45) is 0 Å². The lowest BCUT2D eigenvalue weighted by Gasteiger charge is -2.26. The average Bonchev–Trinajstić information content (AvgIpc) is 3.30. The van der Waals surface area contributed by atoms with Gasteiger partial charge in [-0.05, 0) is 37.8 Å². The van der Waals surface area contributed by atoms with E-state index in [4.69, 9.17) is 0 Å². The molecule has 1 unspecified atom stereocenters. The molecule has 4 amide bonds. The lowest BCUT2D eigenvalue weighted by atomic mass is 9.93. The molecule has 7 heteroatoms. The molecule has 24 heavy (non-hydrogen) atoms. The molecule has 0 radical (unpaired) electrons. The first kappa shape index (κ1) is 16.5. The van der Waals surface area contributed by atoms with E-state index in [-0.39, 0.29) is 24.4 Å². The van der Waals surface area contributed by atoms with Gasteiger partial charge in [-0.2, -0.15) is 0 Å². The number of imide groups is 1. The van der Waals surface area contributed by atoms with E-state index in [0.717, 1.165) is 23.4 Å². The zero-order chi connectivity index (χ0) is 17.3. The molecule has 1 aromatic heterocycles. The Balaban J connectivity index is 1.73. The minimum Gasteiger partial charge on any atom is -0.363 e. The number of nitrogens with one attached hydrogen (secondary N) is 2. The Morgan fingerprint density at radius 2 is 2.08 bits per heavy atom.